The smallest absolute Gasteiger partial charge is 0.358 e. The second-order valence-corrected chi connectivity index (χ2v) is 29.1. The maximum Gasteiger partial charge on any atom is 0.358 e. The Morgan fingerprint density at radius 2 is 1.53 bits per heavy atom. The van der Waals surface area contributed by atoms with Crippen LogP contribution in [0.3, 0.4) is 0 Å². The van der Waals surface area contributed by atoms with E-state index in [1.165, 1.54) is 60.6 Å². The van der Waals surface area contributed by atoms with Crippen LogP contribution in [0.1, 0.15) is 120 Å². The summed E-state index contributed by atoms with van der Waals surface area (Å²) in [6.45, 7) is 9.42. The Bertz CT molecular complexity index is 4480. The summed E-state index contributed by atoms with van der Waals surface area (Å²) in [6, 6.07) is 1.06. The first kappa shape index (κ1) is 70.1. The van der Waals surface area contributed by atoms with Gasteiger partial charge in [-0.05, 0) is 59.5 Å². The van der Waals surface area contributed by atoms with Crippen molar-refractivity contribution in [3.8, 4) is 38.4 Å². The third kappa shape index (κ3) is 14.3. The molecule has 4 amide bonds. The fourth-order valence-corrected chi connectivity index (χ4v) is 17.0. The van der Waals surface area contributed by atoms with Gasteiger partial charge in [0.15, 0.2) is 18.1 Å². The fourth-order valence-electron chi connectivity index (χ4n) is 12.8. The predicted molar refractivity (Wildman–Crippen MR) is 363 cm³/mol. The lowest BCUT2D eigenvalue weighted by atomic mass is 9.85. The van der Waals surface area contributed by atoms with Gasteiger partial charge in [-0.2, -0.15) is 4.73 Å². The number of esters is 2. The van der Waals surface area contributed by atoms with E-state index in [1.807, 2.05) is 5.38 Å². The second-order valence-electron chi connectivity index (χ2n) is 24.8. The van der Waals surface area contributed by atoms with Crippen LogP contribution >= 0.6 is 56.7 Å². The van der Waals surface area contributed by atoms with Crippen LogP contribution in [0.4, 0.5) is 0 Å². The van der Waals surface area contributed by atoms with Gasteiger partial charge < -0.3 is 85.2 Å². The lowest BCUT2D eigenvalue weighted by Crippen LogP contribution is -2.62. The van der Waals surface area contributed by atoms with Crippen LogP contribution in [0.5, 0.6) is 5.75 Å². The van der Waals surface area contributed by atoms with Gasteiger partial charge in [0.25, 0.3) is 17.7 Å². The third-order valence-corrected chi connectivity index (χ3v) is 22.1. The van der Waals surface area contributed by atoms with E-state index in [2.05, 4.69) is 41.5 Å². The minimum atomic E-state index is -1.89. The molecule has 9 N–H and O–H groups in total. The molecule has 1 aromatic carbocycles. The molecule has 8 aromatic rings. The lowest BCUT2D eigenvalue weighted by Gasteiger charge is -2.48. The summed E-state index contributed by atoms with van der Waals surface area (Å²) in [5.74, 6) is -5.91. The van der Waals surface area contributed by atoms with E-state index in [4.69, 9.17) is 53.1 Å². The molecule has 2 saturated heterocycles. The molecule has 12 bridgehead atoms. The number of likely N-dealkylation sites (N-methyl/N-ethyl adjacent to an activating group) is 1. The van der Waals surface area contributed by atoms with E-state index < -0.39 is 122 Å². The minimum Gasteiger partial charge on any atom is -0.506 e. The van der Waals surface area contributed by atoms with Crippen LogP contribution in [-0.4, -0.2) is 216 Å². The lowest BCUT2D eigenvalue weighted by molar-refractivity contribution is -0.280. The van der Waals surface area contributed by atoms with Crippen LogP contribution in [0, 0.1) is 0 Å². The number of pyridine rings is 1. The van der Waals surface area contributed by atoms with Gasteiger partial charge in [0.05, 0.1) is 62.0 Å². The second kappa shape index (κ2) is 29.3. The quantitative estimate of drug-likeness (QED) is 0.0370. The number of hydrogen-bond acceptors (Lipinski definition) is 31. The number of thiazole rings is 5. The molecule has 13 rings (SSSR count). The van der Waals surface area contributed by atoms with E-state index >= 15 is 19.2 Å². The maximum absolute atomic E-state index is 15.2. The van der Waals surface area contributed by atoms with Gasteiger partial charge in [-0.1, -0.05) is 12.1 Å². The Hall–Kier alpha value is -8.34. The zero-order chi connectivity index (χ0) is 70.4. The van der Waals surface area contributed by atoms with E-state index in [0.717, 1.165) is 65.0 Å². The van der Waals surface area contributed by atoms with Gasteiger partial charge >= 0.3 is 11.9 Å². The highest BCUT2D eigenvalue weighted by molar-refractivity contribution is 7.14. The summed E-state index contributed by atoms with van der Waals surface area (Å²) in [6.07, 6.45) is -7.39. The number of hydrogen-bond donors (Lipinski definition) is 9. The number of aliphatic hydroxyl groups excluding tert-OH is 1. The van der Waals surface area contributed by atoms with Crippen molar-refractivity contribution < 1.29 is 82.5 Å². The number of carbonyl (C=O) groups excluding carboxylic acids is 6. The largest absolute Gasteiger partial charge is 0.506 e. The van der Waals surface area contributed by atoms with Gasteiger partial charge in [0.2, 0.25) is 5.91 Å². The standard InChI is InChI=1S/C64H70N14O17S5/c1-28(79)44-56(84)74-45(29(2)89-7)59-70-39(27-99-59)55(83)75-48-50-51(95-42-18-64(4,87)52(76(5)6)30(3)94-42)63(86)92-20-31-9-8-10-40-43(31)34(21-91-50)49(78(40)88)62(85)93-22-35(67-53(81)37-26-100-61(48)71-37)58-68-36(24-98-58)46-33(57-69-38(25-97-57)54(82)73-44)17-41(80)47(72-46)60-66-32(23-96-60)19-65-11-12-77-13-15-90-16-14-77/h8-10,17,23-28,30,35,42,44,48,50-52,65,79-80,87-88H,11-16,18-22H2,1-7H3,(H,67,81)(H,73,82)(H,74,84)(H,75,83)/b45-29+. The number of cyclic esters (lactones) is 2. The fraction of sp³-hybridized carbons (Fsp3) is 0.438. The molecule has 31 nitrogen and oxygen atoms in total. The summed E-state index contributed by atoms with van der Waals surface area (Å²) in [5, 5.41) is 70.4. The van der Waals surface area contributed by atoms with Gasteiger partial charge in [0.1, 0.15) is 114 Å². The first-order valence-electron chi connectivity index (χ1n) is 31.7. The molecule has 5 aliphatic rings. The number of nitrogens with one attached hydrogen (secondary N) is 5. The number of amides is 4. The molecular weight excluding hydrogens is 1400 g/mol. The van der Waals surface area contributed by atoms with Gasteiger partial charge in [-0.15, -0.1) is 56.7 Å². The molecule has 5 aliphatic heterocycles. The number of nitrogens with zero attached hydrogens (tertiary/aromatic N) is 9. The highest BCUT2D eigenvalue weighted by Gasteiger charge is 2.50. The normalized spacial score (nSPS) is 25.1. The van der Waals surface area contributed by atoms with E-state index in [-0.39, 0.29) is 99.9 Å². The monoisotopic (exact) mass is 1470 g/mol. The number of aromatic hydroxyl groups is 1. The van der Waals surface area contributed by atoms with Crippen molar-refractivity contribution in [3.05, 3.63) is 112 Å². The zero-order valence-corrected chi connectivity index (χ0v) is 58.9. The summed E-state index contributed by atoms with van der Waals surface area (Å²) in [5.41, 5.74) is -0.930. The number of methoxy groups -OCH3 is 1. The van der Waals surface area contributed by atoms with Gasteiger partial charge in [0, 0.05) is 82.6 Å². The van der Waals surface area contributed by atoms with E-state index in [1.54, 1.807) is 50.4 Å². The predicted octanol–water partition coefficient (Wildman–Crippen LogP) is 4.58. The molecular formula is C64H70N14O17S5. The number of rotatable bonds is 11. The summed E-state index contributed by atoms with van der Waals surface area (Å²) < 4.78 is 43.9. The van der Waals surface area contributed by atoms with Gasteiger partial charge in [-0.25, -0.2) is 39.5 Å². The number of ether oxygens (including phenoxy) is 7. The first-order chi connectivity index (χ1) is 48.0. The molecule has 10 unspecified atom stereocenters. The Morgan fingerprint density at radius 3 is 2.28 bits per heavy atom. The molecule has 0 aliphatic carbocycles. The molecule has 0 spiro atoms. The average molecular weight is 1470 g/mol. The molecule has 36 heteroatoms. The SMILES string of the molecule is CO/C(C)=C1/NC(=O)C(C(C)O)NC(=O)c2csc(n2)-c2cc(O)c(-c3nc(CNCCN4CCOCC4)cs3)nc2-c2csc(n2)C2COC(=O)c3c4c5c(cccc5n3O)COC(=O)C(OC3CC(C)(O)C(N(C)C)C(C)O3)C(OC4)C(NC(=O)c3csc1n3)c1nc(cs1)C(=O)N2. The van der Waals surface area contributed by atoms with Crippen LogP contribution in [0.15, 0.2) is 56.9 Å². The number of morpholine rings is 1. The molecule has 0 saturated carbocycles. The topological polar surface area (TPSA) is 397 Å². The van der Waals surface area contributed by atoms with E-state index in [9.17, 15) is 30.1 Å². The Kier molecular flexibility index (Phi) is 20.6. The molecule has 0 radical (unpaired) electrons. The van der Waals surface area contributed by atoms with Crippen molar-refractivity contribution in [3.63, 3.8) is 0 Å². The van der Waals surface area contributed by atoms with Crippen molar-refractivity contribution in [2.24, 2.45) is 0 Å². The van der Waals surface area contributed by atoms with Crippen LogP contribution < -0.4 is 26.6 Å². The Labute approximate surface area is 590 Å². The van der Waals surface area contributed by atoms with Crippen molar-refractivity contribution in [2.45, 2.75) is 114 Å². The molecule has 100 heavy (non-hydrogen) atoms. The Balaban J connectivity index is 0.956. The van der Waals surface area contributed by atoms with Crippen molar-refractivity contribution in [2.75, 3.05) is 67.2 Å². The van der Waals surface area contributed by atoms with Gasteiger partial charge in [-0.3, -0.25) is 24.1 Å². The van der Waals surface area contributed by atoms with Crippen molar-refractivity contribution in [1.82, 2.24) is 71.0 Å². The molecule has 7 aromatic heterocycles. The number of benzene rings is 1. The van der Waals surface area contributed by atoms with Crippen molar-refractivity contribution in [1.29, 1.82) is 0 Å². The first-order valence-corrected chi connectivity index (χ1v) is 36.1. The summed E-state index contributed by atoms with van der Waals surface area (Å²) in [7, 11) is 4.90. The number of aromatic nitrogens is 7. The molecule has 528 valence electrons. The molecule has 12 heterocycles. The minimum absolute atomic E-state index is 0.0129. The van der Waals surface area contributed by atoms with Crippen molar-refractivity contribution >= 4 is 109 Å². The highest BCUT2D eigenvalue weighted by Crippen LogP contribution is 2.43. The Morgan fingerprint density at radius 1 is 0.840 bits per heavy atom. The maximum atomic E-state index is 15.2. The number of aliphatic hydroxyl groups is 2. The molecule has 10 atom stereocenters. The number of fused-ring (bicyclic) bond motifs is 15. The average Bonchev–Trinajstić information content (AvgIpc) is 1.56. The molecule has 2 fully saturated rings. The summed E-state index contributed by atoms with van der Waals surface area (Å²) >= 11 is 5.07. The number of carbonyl (C=O) groups is 6. The number of allylic oxidation sites excluding steroid dienone is 1. The van der Waals surface area contributed by atoms with Crippen LogP contribution in [0.25, 0.3) is 49.3 Å². The van der Waals surface area contributed by atoms with Crippen LogP contribution in [-0.2, 0) is 62.5 Å². The third-order valence-electron chi connectivity index (χ3n) is 17.6. The van der Waals surface area contributed by atoms with E-state index in [0.29, 0.717) is 47.3 Å². The van der Waals surface area contributed by atoms with Crippen LogP contribution in [0.2, 0.25) is 0 Å². The zero-order valence-electron chi connectivity index (χ0n) is 54.8. The summed E-state index contributed by atoms with van der Waals surface area (Å²) in [4.78, 5) is 122. The highest BCUT2D eigenvalue weighted by atomic mass is 32.1.